The topological polar surface area (TPSA) is 57.5 Å². The smallest absolute Gasteiger partial charge is 0.303 e. The number of hydrogen-bond acceptors (Lipinski definition) is 2. The number of unbranched alkanes of at least 4 members (excludes halogenated alkanes) is 1. The van der Waals surface area contributed by atoms with E-state index in [1.54, 1.807) is 0 Å². The van der Waals surface area contributed by atoms with Crippen molar-refractivity contribution in [3.63, 3.8) is 0 Å². The summed E-state index contributed by atoms with van der Waals surface area (Å²) in [6.07, 6.45) is 6.76. The van der Waals surface area contributed by atoms with Gasteiger partial charge < -0.3 is 10.2 Å². The maximum Gasteiger partial charge on any atom is 0.303 e. The zero-order chi connectivity index (χ0) is 19.3. The summed E-state index contributed by atoms with van der Waals surface area (Å²) in [4.78, 5) is 10.5. The Kier molecular flexibility index (Phi) is 7.31. The lowest BCUT2D eigenvalue weighted by atomic mass is 9.82. The van der Waals surface area contributed by atoms with Crippen LogP contribution in [-0.2, 0) is 10.2 Å². The Morgan fingerprint density at radius 3 is 2.46 bits per heavy atom. The molecule has 1 saturated carbocycles. The van der Waals surface area contributed by atoms with E-state index in [1.807, 2.05) is 6.08 Å². The van der Waals surface area contributed by atoms with E-state index in [9.17, 15) is 9.90 Å². The third-order valence-electron chi connectivity index (χ3n) is 5.31. The van der Waals surface area contributed by atoms with Gasteiger partial charge in [-0.05, 0) is 48.1 Å². The summed E-state index contributed by atoms with van der Waals surface area (Å²) in [6, 6.07) is 8.57. The Bertz CT molecular complexity index is 615. The molecule has 0 heterocycles. The molecule has 0 amide bonds. The minimum absolute atomic E-state index is 0.0408. The molecule has 0 aliphatic heterocycles. The molecule has 2 rings (SSSR count). The summed E-state index contributed by atoms with van der Waals surface area (Å²) < 4.78 is 0. The van der Waals surface area contributed by atoms with Crippen molar-refractivity contribution in [1.82, 2.24) is 0 Å². The first-order valence-corrected chi connectivity index (χ1v) is 9.93. The van der Waals surface area contributed by atoms with E-state index in [4.69, 9.17) is 16.7 Å². The Balaban J connectivity index is 2.03. The molecule has 0 bridgehead atoms. The average Bonchev–Trinajstić information content (AvgIpc) is 2.83. The molecule has 1 aliphatic rings. The van der Waals surface area contributed by atoms with E-state index in [1.165, 1.54) is 5.56 Å². The lowest BCUT2D eigenvalue weighted by Gasteiger charge is -2.25. The normalized spacial score (nSPS) is 26.5. The van der Waals surface area contributed by atoms with Gasteiger partial charge in [0.15, 0.2) is 0 Å². The van der Waals surface area contributed by atoms with Crippen molar-refractivity contribution in [2.24, 2.45) is 5.92 Å². The zero-order valence-electron chi connectivity index (χ0n) is 16.0. The van der Waals surface area contributed by atoms with Crippen LogP contribution in [-0.4, -0.2) is 27.7 Å². The molecule has 0 spiro atoms. The standard InChI is InChI=1S/C22H31ClO3/c1-22(2,3)16-12-10-15(11-13-16)21-17(18(23)14-19(21)24)8-6-4-5-7-9-20(25)26/h4,6,10-13,17-19,21,24H,5,7-9,14H2,1-3H3,(H,25,26)/b6-4+. The highest BCUT2D eigenvalue weighted by Crippen LogP contribution is 2.45. The van der Waals surface area contributed by atoms with Gasteiger partial charge in [0.25, 0.3) is 0 Å². The maximum atomic E-state index is 10.5. The number of carboxylic acid groups (broad SMARTS) is 1. The molecule has 4 unspecified atom stereocenters. The van der Waals surface area contributed by atoms with Gasteiger partial charge in [-0.2, -0.15) is 0 Å². The van der Waals surface area contributed by atoms with Crippen LogP contribution in [0.4, 0.5) is 0 Å². The predicted octanol–water partition coefficient (Wildman–Crippen LogP) is 5.26. The fraction of sp³-hybridized carbons (Fsp3) is 0.591. The Labute approximate surface area is 162 Å². The highest BCUT2D eigenvalue weighted by atomic mass is 35.5. The maximum absolute atomic E-state index is 10.5. The quantitative estimate of drug-likeness (QED) is 0.386. The van der Waals surface area contributed by atoms with Crippen LogP contribution in [0.5, 0.6) is 0 Å². The SMILES string of the molecule is CC(C)(C)c1ccc(C2C(O)CC(Cl)C2C/C=C/CCCC(=O)O)cc1. The number of allylic oxidation sites excluding steroid dienone is 2. The molecule has 1 fully saturated rings. The van der Waals surface area contributed by atoms with Crippen molar-refractivity contribution in [2.75, 3.05) is 0 Å². The van der Waals surface area contributed by atoms with Crippen molar-refractivity contribution < 1.29 is 15.0 Å². The fourth-order valence-corrected chi connectivity index (χ4v) is 4.22. The first-order valence-electron chi connectivity index (χ1n) is 9.49. The first-order chi connectivity index (χ1) is 12.2. The summed E-state index contributed by atoms with van der Waals surface area (Å²) >= 11 is 6.53. The lowest BCUT2D eigenvalue weighted by molar-refractivity contribution is -0.137. The number of aliphatic carboxylic acids is 1. The number of aliphatic hydroxyl groups is 1. The van der Waals surface area contributed by atoms with Crippen molar-refractivity contribution in [3.8, 4) is 0 Å². The van der Waals surface area contributed by atoms with Crippen LogP contribution < -0.4 is 0 Å². The number of carboxylic acids is 1. The van der Waals surface area contributed by atoms with E-state index < -0.39 is 12.1 Å². The van der Waals surface area contributed by atoms with Gasteiger partial charge in [0, 0.05) is 17.7 Å². The third kappa shape index (κ3) is 5.59. The van der Waals surface area contributed by atoms with Crippen molar-refractivity contribution in [1.29, 1.82) is 0 Å². The van der Waals surface area contributed by atoms with E-state index in [-0.39, 0.29) is 29.0 Å². The minimum Gasteiger partial charge on any atom is -0.481 e. The van der Waals surface area contributed by atoms with Crippen LogP contribution in [0.1, 0.15) is 69.9 Å². The van der Waals surface area contributed by atoms with E-state index >= 15 is 0 Å². The largest absolute Gasteiger partial charge is 0.481 e. The number of carbonyl (C=O) groups is 1. The van der Waals surface area contributed by atoms with Crippen LogP contribution in [0.25, 0.3) is 0 Å². The van der Waals surface area contributed by atoms with Crippen LogP contribution in [0, 0.1) is 5.92 Å². The van der Waals surface area contributed by atoms with Gasteiger partial charge in [0.2, 0.25) is 0 Å². The molecule has 4 atom stereocenters. The van der Waals surface area contributed by atoms with Crippen molar-refractivity contribution in [2.45, 2.75) is 75.7 Å². The van der Waals surface area contributed by atoms with Crippen LogP contribution in [0.3, 0.4) is 0 Å². The number of aliphatic hydroxyl groups excluding tert-OH is 1. The second kappa shape index (κ2) is 9.05. The molecule has 1 aromatic rings. The third-order valence-corrected chi connectivity index (χ3v) is 5.81. The molecule has 0 aromatic heterocycles. The van der Waals surface area contributed by atoms with Crippen LogP contribution >= 0.6 is 11.6 Å². The first kappa shape index (κ1) is 21.0. The molecule has 0 radical (unpaired) electrons. The van der Waals surface area contributed by atoms with Crippen molar-refractivity contribution >= 4 is 17.6 Å². The molecule has 1 aliphatic carbocycles. The van der Waals surface area contributed by atoms with Gasteiger partial charge in [-0.15, -0.1) is 11.6 Å². The summed E-state index contributed by atoms with van der Waals surface area (Å²) in [5.41, 5.74) is 2.55. The number of alkyl halides is 1. The molecular formula is C22H31ClO3. The summed E-state index contributed by atoms with van der Waals surface area (Å²) in [6.45, 7) is 6.58. The zero-order valence-corrected chi connectivity index (χ0v) is 16.7. The highest BCUT2D eigenvalue weighted by molar-refractivity contribution is 6.21. The molecule has 4 heteroatoms. The molecule has 2 N–H and O–H groups in total. The Hall–Kier alpha value is -1.32. The summed E-state index contributed by atoms with van der Waals surface area (Å²) in [5, 5.41) is 19.2. The van der Waals surface area contributed by atoms with E-state index in [0.717, 1.165) is 18.4 Å². The number of hydrogen-bond donors (Lipinski definition) is 2. The molecule has 144 valence electrons. The molecular weight excluding hydrogens is 348 g/mol. The van der Waals surface area contributed by atoms with Gasteiger partial charge in [0.05, 0.1) is 6.10 Å². The molecule has 0 saturated heterocycles. The van der Waals surface area contributed by atoms with Crippen molar-refractivity contribution in [3.05, 3.63) is 47.5 Å². The molecule has 3 nitrogen and oxygen atoms in total. The van der Waals surface area contributed by atoms with Crippen LogP contribution in [0.15, 0.2) is 36.4 Å². The van der Waals surface area contributed by atoms with E-state index in [2.05, 4.69) is 51.1 Å². The summed E-state index contributed by atoms with van der Waals surface area (Å²) in [5.74, 6) is -0.505. The fourth-order valence-electron chi connectivity index (χ4n) is 3.77. The number of rotatable bonds is 7. The number of halogens is 1. The van der Waals surface area contributed by atoms with Gasteiger partial charge in [-0.3, -0.25) is 4.79 Å². The van der Waals surface area contributed by atoms with Crippen LogP contribution in [0.2, 0.25) is 0 Å². The average molecular weight is 379 g/mol. The second-order valence-corrected chi connectivity index (χ2v) is 8.93. The van der Waals surface area contributed by atoms with Gasteiger partial charge in [-0.1, -0.05) is 57.2 Å². The van der Waals surface area contributed by atoms with Gasteiger partial charge >= 0.3 is 5.97 Å². The summed E-state index contributed by atoms with van der Waals surface area (Å²) in [7, 11) is 0. The Morgan fingerprint density at radius 2 is 1.88 bits per heavy atom. The minimum atomic E-state index is -0.753. The predicted molar refractivity (Wildman–Crippen MR) is 107 cm³/mol. The van der Waals surface area contributed by atoms with E-state index in [0.29, 0.717) is 12.8 Å². The van der Waals surface area contributed by atoms with Gasteiger partial charge in [-0.25, -0.2) is 0 Å². The number of benzene rings is 1. The lowest BCUT2D eigenvalue weighted by Crippen LogP contribution is -2.19. The highest BCUT2D eigenvalue weighted by Gasteiger charge is 2.41. The Morgan fingerprint density at radius 1 is 1.23 bits per heavy atom. The van der Waals surface area contributed by atoms with Gasteiger partial charge in [0.1, 0.15) is 0 Å². The molecule has 1 aromatic carbocycles. The monoisotopic (exact) mass is 378 g/mol. The molecule has 26 heavy (non-hydrogen) atoms. The second-order valence-electron chi connectivity index (χ2n) is 8.37.